The van der Waals surface area contributed by atoms with Gasteiger partial charge in [0.05, 0.1) is 0 Å². The van der Waals surface area contributed by atoms with Crippen LogP contribution in [0, 0.1) is 11.3 Å². The van der Waals surface area contributed by atoms with Crippen LogP contribution in [0.2, 0.25) is 0 Å². The van der Waals surface area contributed by atoms with Crippen molar-refractivity contribution < 1.29 is 4.79 Å². The smallest absolute Gasteiger partial charge is 0.127 e. The number of nitrogens with zero attached hydrogens (tertiary/aromatic N) is 1. The molecule has 0 aromatic carbocycles. The van der Waals surface area contributed by atoms with Crippen LogP contribution in [0.15, 0.2) is 0 Å². The average molecular weight is 239 g/mol. The zero-order valence-electron chi connectivity index (χ0n) is 11.9. The van der Waals surface area contributed by atoms with Crippen molar-refractivity contribution >= 4 is 6.29 Å². The van der Waals surface area contributed by atoms with E-state index >= 15 is 0 Å². The Morgan fingerprint density at radius 1 is 1.06 bits per heavy atom. The lowest BCUT2D eigenvalue weighted by molar-refractivity contribution is -0.112. The highest BCUT2D eigenvalue weighted by molar-refractivity contribution is 5.63. The summed E-state index contributed by atoms with van der Waals surface area (Å²) in [5.41, 5.74) is 0.0876. The van der Waals surface area contributed by atoms with E-state index in [1.807, 2.05) is 0 Å². The van der Waals surface area contributed by atoms with Gasteiger partial charge >= 0.3 is 0 Å². The molecule has 100 valence electrons. The summed E-state index contributed by atoms with van der Waals surface area (Å²) in [6, 6.07) is 0. The van der Waals surface area contributed by atoms with Gasteiger partial charge in [0.1, 0.15) is 6.29 Å². The van der Waals surface area contributed by atoms with Crippen LogP contribution in [0.1, 0.15) is 59.3 Å². The standard InChI is InChI=1S/C11H19NO.C4H10/c13-10-11(5-6-11)9-12-7-3-1-2-4-8-12;1-4(2)3/h10H,1-9H2;4H,1-3H3. The average Bonchev–Trinajstić information content (AvgIpc) is 3.04. The third-order valence-corrected chi connectivity index (χ3v) is 3.38. The first kappa shape index (κ1) is 14.7. The van der Waals surface area contributed by atoms with Gasteiger partial charge in [-0.3, -0.25) is 0 Å². The van der Waals surface area contributed by atoms with Crippen molar-refractivity contribution in [3.8, 4) is 0 Å². The van der Waals surface area contributed by atoms with Crippen molar-refractivity contribution in [2.75, 3.05) is 19.6 Å². The number of carbonyl (C=O) groups is 1. The Labute approximate surface area is 107 Å². The molecule has 0 radical (unpaired) electrons. The van der Waals surface area contributed by atoms with Gasteiger partial charge in [0, 0.05) is 12.0 Å². The van der Waals surface area contributed by atoms with Crippen LogP contribution in [0.4, 0.5) is 0 Å². The normalized spacial score (nSPS) is 23.5. The van der Waals surface area contributed by atoms with Crippen LogP contribution in [0.25, 0.3) is 0 Å². The second-order valence-corrected chi connectivity index (χ2v) is 6.40. The van der Waals surface area contributed by atoms with E-state index in [1.165, 1.54) is 45.1 Å². The first-order valence-electron chi connectivity index (χ1n) is 7.27. The van der Waals surface area contributed by atoms with Crippen molar-refractivity contribution in [2.24, 2.45) is 11.3 Å². The molecule has 1 aliphatic carbocycles. The second-order valence-electron chi connectivity index (χ2n) is 6.40. The highest BCUT2D eigenvalue weighted by Crippen LogP contribution is 2.44. The third kappa shape index (κ3) is 6.21. The minimum absolute atomic E-state index is 0.0876. The van der Waals surface area contributed by atoms with Crippen molar-refractivity contribution in [3.05, 3.63) is 0 Å². The molecule has 0 aromatic heterocycles. The predicted octanol–water partition coefficient (Wildman–Crippen LogP) is 3.50. The topological polar surface area (TPSA) is 20.3 Å². The molecule has 0 aromatic rings. The van der Waals surface area contributed by atoms with Crippen molar-refractivity contribution in [3.63, 3.8) is 0 Å². The van der Waals surface area contributed by atoms with Crippen molar-refractivity contribution in [1.82, 2.24) is 4.90 Å². The molecule has 0 atom stereocenters. The van der Waals surface area contributed by atoms with E-state index in [1.54, 1.807) is 0 Å². The molecule has 0 spiro atoms. The fourth-order valence-corrected chi connectivity index (χ4v) is 2.21. The lowest BCUT2D eigenvalue weighted by Gasteiger charge is -2.22. The molecule has 1 aliphatic heterocycles. The Morgan fingerprint density at radius 2 is 1.53 bits per heavy atom. The summed E-state index contributed by atoms with van der Waals surface area (Å²) in [7, 11) is 0. The van der Waals surface area contributed by atoms with Gasteiger partial charge < -0.3 is 9.69 Å². The largest absolute Gasteiger partial charge is 0.303 e. The van der Waals surface area contributed by atoms with Crippen LogP contribution in [0.3, 0.4) is 0 Å². The van der Waals surface area contributed by atoms with Gasteiger partial charge in [0.2, 0.25) is 0 Å². The lowest BCUT2D eigenvalue weighted by atomic mass is 10.1. The van der Waals surface area contributed by atoms with Gasteiger partial charge in [-0.1, -0.05) is 33.6 Å². The Balaban J connectivity index is 0.000000317. The molecule has 2 nitrogen and oxygen atoms in total. The lowest BCUT2D eigenvalue weighted by Crippen LogP contribution is -2.32. The van der Waals surface area contributed by atoms with Gasteiger partial charge in [0.15, 0.2) is 0 Å². The van der Waals surface area contributed by atoms with Crippen LogP contribution < -0.4 is 0 Å². The number of aldehydes is 1. The molecule has 1 saturated heterocycles. The Hall–Kier alpha value is -0.370. The maximum atomic E-state index is 10.8. The molecule has 1 heterocycles. The Kier molecular flexibility index (Phi) is 6.18. The van der Waals surface area contributed by atoms with E-state index in [0.717, 1.165) is 25.3 Å². The zero-order chi connectivity index (χ0) is 12.7. The maximum Gasteiger partial charge on any atom is 0.127 e. The molecular formula is C15H29NO. The van der Waals surface area contributed by atoms with Gasteiger partial charge in [-0.2, -0.15) is 0 Å². The van der Waals surface area contributed by atoms with Crippen molar-refractivity contribution in [2.45, 2.75) is 59.3 Å². The minimum Gasteiger partial charge on any atom is -0.303 e. The predicted molar refractivity (Wildman–Crippen MR) is 73.2 cm³/mol. The number of hydrogen-bond donors (Lipinski definition) is 0. The summed E-state index contributed by atoms with van der Waals surface area (Å²) in [5.74, 6) is 0.833. The van der Waals surface area contributed by atoms with E-state index in [4.69, 9.17) is 0 Å². The zero-order valence-corrected chi connectivity index (χ0v) is 11.9. The summed E-state index contributed by atoms with van der Waals surface area (Å²) < 4.78 is 0. The summed E-state index contributed by atoms with van der Waals surface area (Å²) in [4.78, 5) is 13.3. The molecule has 2 fully saturated rings. The molecule has 1 saturated carbocycles. The molecule has 0 amide bonds. The fourth-order valence-electron chi connectivity index (χ4n) is 2.21. The van der Waals surface area contributed by atoms with Crippen LogP contribution >= 0.6 is 0 Å². The van der Waals surface area contributed by atoms with Crippen LogP contribution in [-0.4, -0.2) is 30.8 Å². The van der Waals surface area contributed by atoms with Crippen molar-refractivity contribution in [1.29, 1.82) is 0 Å². The highest BCUT2D eigenvalue weighted by atomic mass is 16.1. The van der Waals surface area contributed by atoms with Gasteiger partial charge in [0.25, 0.3) is 0 Å². The van der Waals surface area contributed by atoms with Gasteiger partial charge in [-0.05, 0) is 44.7 Å². The first-order valence-corrected chi connectivity index (χ1v) is 7.27. The quantitative estimate of drug-likeness (QED) is 0.703. The Morgan fingerprint density at radius 3 is 1.88 bits per heavy atom. The molecule has 2 aliphatic rings. The Bertz CT molecular complexity index is 210. The summed E-state index contributed by atoms with van der Waals surface area (Å²) in [6.45, 7) is 9.97. The molecule has 0 unspecified atom stereocenters. The first-order chi connectivity index (χ1) is 8.08. The van der Waals surface area contributed by atoms with Gasteiger partial charge in [-0.15, -0.1) is 0 Å². The number of likely N-dealkylation sites (tertiary alicyclic amines) is 1. The highest BCUT2D eigenvalue weighted by Gasteiger charge is 2.43. The molecule has 2 heteroatoms. The number of rotatable bonds is 3. The van der Waals surface area contributed by atoms with Gasteiger partial charge in [-0.25, -0.2) is 0 Å². The molecule has 0 N–H and O–H groups in total. The van der Waals surface area contributed by atoms with E-state index in [0.29, 0.717) is 0 Å². The molecule has 2 rings (SSSR count). The number of carbonyl (C=O) groups excluding carboxylic acids is 1. The monoisotopic (exact) mass is 239 g/mol. The van der Waals surface area contributed by atoms with E-state index < -0.39 is 0 Å². The minimum atomic E-state index is 0.0876. The summed E-state index contributed by atoms with van der Waals surface area (Å²) >= 11 is 0. The second kappa shape index (κ2) is 7.15. The van der Waals surface area contributed by atoms with E-state index in [-0.39, 0.29) is 5.41 Å². The summed E-state index contributed by atoms with van der Waals surface area (Å²) in [6.07, 6.45) is 8.87. The summed E-state index contributed by atoms with van der Waals surface area (Å²) in [5, 5.41) is 0. The van der Waals surface area contributed by atoms with E-state index in [9.17, 15) is 4.79 Å². The van der Waals surface area contributed by atoms with E-state index in [2.05, 4.69) is 25.7 Å². The number of hydrogen-bond acceptors (Lipinski definition) is 2. The van der Waals surface area contributed by atoms with Crippen LogP contribution in [0.5, 0.6) is 0 Å². The van der Waals surface area contributed by atoms with Crippen LogP contribution in [-0.2, 0) is 4.79 Å². The molecule has 17 heavy (non-hydrogen) atoms. The molecule has 0 bridgehead atoms. The molecular weight excluding hydrogens is 210 g/mol. The fraction of sp³-hybridized carbons (Fsp3) is 0.933. The maximum absolute atomic E-state index is 10.8. The SMILES string of the molecule is CC(C)C.O=CC1(CN2CCCCCC2)CC1. The third-order valence-electron chi connectivity index (χ3n) is 3.38.